The second-order valence-electron chi connectivity index (χ2n) is 4.09. The van der Waals surface area contributed by atoms with Crippen molar-refractivity contribution >= 4 is 17.3 Å². The average molecular weight is 305 g/mol. The van der Waals surface area contributed by atoms with Crippen molar-refractivity contribution in [2.75, 3.05) is 0 Å². The van der Waals surface area contributed by atoms with Gasteiger partial charge in [0.15, 0.2) is 5.69 Å². The van der Waals surface area contributed by atoms with Gasteiger partial charge in [-0.1, -0.05) is 28.7 Å². The summed E-state index contributed by atoms with van der Waals surface area (Å²) >= 11 is 1.20. The number of carboxylic acids is 1. The van der Waals surface area contributed by atoms with Crippen molar-refractivity contribution in [2.24, 2.45) is 0 Å². The van der Waals surface area contributed by atoms with Crippen LogP contribution in [0.2, 0.25) is 0 Å². The lowest BCUT2D eigenvalue weighted by Crippen LogP contribution is -2.04. The van der Waals surface area contributed by atoms with E-state index in [9.17, 15) is 14.3 Å². The molecule has 0 fully saturated rings. The Hall–Kier alpha value is -2.68. The molecule has 9 heteroatoms. The molecule has 21 heavy (non-hydrogen) atoms. The molecule has 106 valence electrons. The molecular weight excluding hydrogens is 297 g/mol. The monoisotopic (exact) mass is 305 g/mol. The van der Waals surface area contributed by atoms with Gasteiger partial charge in [-0.3, -0.25) is 0 Å². The summed E-state index contributed by atoms with van der Waals surface area (Å²) in [6, 6.07) is 5.82. The zero-order valence-corrected chi connectivity index (χ0v) is 11.5. The number of nitrogens with zero attached hydrogens (tertiary/aromatic N) is 5. The topological polar surface area (TPSA) is 93.8 Å². The maximum absolute atomic E-state index is 14.0. The maximum atomic E-state index is 14.0. The molecule has 0 aliphatic carbocycles. The van der Waals surface area contributed by atoms with E-state index in [4.69, 9.17) is 0 Å². The van der Waals surface area contributed by atoms with Crippen molar-refractivity contribution in [1.29, 1.82) is 0 Å². The second-order valence-corrected chi connectivity index (χ2v) is 5.25. The van der Waals surface area contributed by atoms with Gasteiger partial charge in [-0.05, 0) is 19.1 Å². The largest absolute Gasteiger partial charge is 0.476 e. The van der Waals surface area contributed by atoms with Crippen LogP contribution in [0.25, 0.3) is 16.4 Å². The maximum Gasteiger partial charge on any atom is 0.358 e. The van der Waals surface area contributed by atoms with Crippen LogP contribution in [0, 0.1) is 12.7 Å². The molecule has 0 saturated heterocycles. The van der Waals surface area contributed by atoms with E-state index in [-0.39, 0.29) is 17.0 Å². The standard InChI is InChI=1S/C12H8FN5O2S/c1-6-14-16-12(21-6)18-10(9(11(19)20)15-17-18)7-4-2-3-5-8(7)13/h2-5H,1H3,(H,19,20). The summed E-state index contributed by atoms with van der Waals surface area (Å²) in [5.74, 6) is -1.86. The van der Waals surface area contributed by atoms with Gasteiger partial charge in [0.25, 0.3) is 0 Å². The number of hydrogen-bond acceptors (Lipinski definition) is 6. The fourth-order valence-electron chi connectivity index (χ4n) is 1.83. The molecule has 3 rings (SSSR count). The van der Waals surface area contributed by atoms with Gasteiger partial charge in [-0.15, -0.1) is 15.3 Å². The van der Waals surface area contributed by atoms with Crippen LogP contribution in [0.4, 0.5) is 4.39 Å². The van der Waals surface area contributed by atoms with Crippen LogP contribution in [-0.4, -0.2) is 36.3 Å². The fourth-order valence-corrected chi connectivity index (χ4v) is 2.47. The van der Waals surface area contributed by atoms with Crippen LogP contribution in [0.1, 0.15) is 15.5 Å². The van der Waals surface area contributed by atoms with Crippen LogP contribution in [-0.2, 0) is 0 Å². The van der Waals surface area contributed by atoms with Gasteiger partial charge in [-0.2, -0.15) is 4.68 Å². The zero-order chi connectivity index (χ0) is 15.0. The van der Waals surface area contributed by atoms with Gasteiger partial charge in [0.05, 0.1) is 0 Å². The van der Waals surface area contributed by atoms with Gasteiger partial charge in [0.1, 0.15) is 16.5 Å². The zero-order valence-electron chi connectivity index (χ0n) is 10.7. The summed E-state index contributed by atoms with van der Waals surface area (Å²) in [6.07, 6.45) is 0. The number of benzene rings is 1. The number of hydrogen-bond donors (Lipinski definition) is 1. The quantitative estimate of drug-likeness (QED) is 0.794. The number of carboxylic acid groups (broad SMARTS) is 1. The summed E-state index contributed by atoms with van der Waals surface area (Å²) in [4.78, 5) is 11.3. The van der Waals surface area contributed by atoms with Crippen LogP contribution in [0.5, 0.6) is 0 Å². The summed E-state index contributed by atoms with van der Waals surface area (Å²) in [7, 11) is 0. The Bertz CT molecular complexity index is 829. The van der Waals surface area contributed by atoms with E-state index in [0.29, 0.717) is 10.1 Å². The Kier molecular flexibility index (Phi) is 3.18. The number of rotatable bonds is 3. The Morgan fingerprint density at radius 2 is 2.05 bits per heavy atom. The molecule has 0 bridgehead atoms. The summed E-state index contributed by atoms with van der Waals surface area (Å²) in [5, 5.41) is 25.3. The van der Waals surface area contributed by atoms with E-state index in [1.165, 1.54) is 34.2 Å². The highest BCUT2D eigenvalue weighted by Crippen LogP contribution is 2.28. The van der Waals surface area contributed by atoms with Crippen molar-refractivity contribution in [3.8, 4) is 16.4 Å². The van der Waals surface area contributed by atoms with Gasteiger partial charge < -0.3 is 5.11 Å². The minimum atomic E-state index is -1.29. The smallest absolute Gasteiger partial charge is 0.358 e. The SMILES string of the molecule is Cc1nnc(-n2nnc(C(=O)O)c2-c2ccccc2F)s1. The van der Waals surface area contributed by atoms with Gasteiger partial charge in [-0.25, -0.2) is 9.18 Å². The molecule has 0 radical (unpaired) electrons. The molecule has 2 aromatic heterocycles. The molecule has 0 amide bonds. The molecule has 1 aromatic carbocycles. The van der Waals surface area contributed by atoms with E-state index in [1.54, 1.807) is 13.0 Å². The first-order valence-electron chi connectivity index (χ1n) is 5.82. The number of aromatic nitrogens is 5. The molecule has 0 atom stereocenters. The minimum absolute atomic E-state index is 0.0387. The lowest BCUT2D eigenvalue weighted by Gasteiger charge is -2.04. The number of aromatic carboxylic acids is 1. The minimum Gasteiger partial charge on any atom is -0.476 e. The Morgan fingerprint density at radius 3 is 2.67 bits per heavy atom. The molecule has 1 N–H and O–H groups in total. The Labute approximate surface area is 121 Å². The molecule has 2 heterocycles. The molecule has 0 unspecified atom stereocenters. The third-order valence-electron chi connectivity index (χ3n) is 2.70. The normalized spacial score (nSPS) is 10.8. The predicted octanol–water partition coefficient (Wildman–Crippen LogP) is 1.93. The van der Waals surface area contributed by atoms with Crippen LogP contribution in [0.15, 0.2) is 24.3 Å². The number of halogens is 1. The lowest BCUT2D eigenvalue weighted by atomic mass is 10.1. The number of carbonyl (C=O) groups is 1. The second kappa shape index (κ2) is 5.02. The Balaban J connectivity index is 2.28. The van der Waals surface area contributed by atoms with Crippen molar-refractivity contribution in [3.05, 3.63) is 40.8 Å². The molecular formula is C12H8FN5O2S. The van der Waals surface area contributed by atoms with Crippen molar-refractivity contribution in [2.45, 2.75) is 6.92 Å². The molecule has 7 nitrogen and oxygen atoms in total. The van der Waals surface area contributed by atoms with Crippen LogP contribution in [0.3, 0.4) is 0 Å². The number of aryl methyl sites for hydroxylation is 1. The lowest BCUT2D eigenvalue weighted by molar-refractivity contribution is 0.0691. The third-order valence-corrected chi connectivity index (χ3v) is 3.51. The van der Waals surface area contributed by atoms with E-state index < -0.39 is 11.8 Å². The van der Waals surface area contributed by atoms with E-state index >= 15 is 0 Å². The van der Waals surface area contributed by atoms with Crippen molar-refractivity contribution in [3.63, 3.8) is 0 Å². The first-order chi connectivity index (χ1) is 10.1. The fraction of sp³-hybridized carbons (Fsp3) is 0.0833. The van der Waals surface area contributed by atoms with E-state index in [0.717, 1.165) is 0 Å². The summed E-state index contributed by atoms with van der Waals surface area (Å²) in [6.45, 7) is 1.75. The highest BCUT2D eigenvalue weighted by molar-refractivity contribution is 7.13. The first kappa shape index (κ1) is 13.3. The summed E-state index contributed by atoms with van der Waals surface area (Å²) < 4.78 is 15.2. The van der Waals surface area contributed by atoms with Crippen LogP contribution >= 0.6 is 11.3 Å². The molecule has 0 saturated carbocycles. The molecule has 0 aliphatic rings. The molecule has 3 aromatic rings. The highest BCUT2D eigenvalue weighted by atomic mass is 32.1. The van der Waals surface area contributed by atoms with Gasteiger partial charge in [0, 0.05) is 5.56 Å². The van der Waals surface area contributed by atoms with E-state index in [2.05, 4.69) is 20.5 Å². The summed E-state index contributed by atoms with van der Waals surface area (Å²) in [5.41, 5.74) is -0.211. The van der Waals surface area contributed by atoms with Crippen LogP contribution < -0.4 is 0 Å². The molecule has 0 spiro atoms. The molecule has 0 aliphatic heterocycles. The van der Waals surface area contributed by atoms with Gasteiger partial charge >= 0.3 is 5.97 Å². The predicted molar refractivity (Wildman–Crippen MR) is 71.9 cm³/mol. The first-order valence-corrected chi connectivity index (χ1v) is 6.64. The Morgan fingerprint density at radius 1 is 1.29 bits per heavy atom. The van der Waals surface area contributed by atoms with E-state index in [1.807, 2.05) is 0 Å². The van der Waals surface area contributed by atoms with Gasteiger partial charge in [0.2, 0.25) is 5.13 Å². The third kappa shape index (κ3) is 2.27. The average Bonchev–Trinajstić information content (AvgIpc) is 3.05. The highest BCUT2D eigenvalue weighted by Gasteiger charge is 2.25. The van der Waals surface area contributed by atoms with Crippen molar-refractivity contribution in [1.82, 2.24) is 25.2 Å². The van der Waals surface area contributed by atoms with Crippen molar-refractivity contribution < 1.29 is 14.3 Å².